The molecule has 0 aromatic heterocycles. The summed E-state index contributed by atoms with van der Waals surface area (Å²) in [4.78, 5) is 53.3. The van der Waals surface area contributed by atoms with Crippen molar-refractivity contribution in [3.05, 3.63) is 65.2 Å². The zero-order chi connectivity index (χ0) is 28.7. The summed E-state index contributed by atoms with van der Waals surface area (Å²) >= 11 is 14.4. The van der Waals surface area contributed by atoms with Crippen LogP contribution in [-0.4, -0.2) is 57.5 Å². The molecule has 2 saturated heterocycles. The van der Waals surface area contributed by atoms with E-state index in [1.54, 1.807) is 18.2 Å². The first kappa shape index (κ1) is 26.8. The Balaban J connectivity index is 1.51. The number of rotatable bonds is 4. The number of carbonyl (C=O) groups excluding carboxylic acids is 4. The van der Waals surface area contributed by atoms with Gasteiger partial charge in [-0.05, 0) is 48.9 Å². The number of amides is 4. The molecule has 2 heterocycles. The van der Waals surface area contributed by atoms with Gasteiger partial charge in [0.15, 0.2) is 9.75 Å². The Labute approximate surface area is 241 Å². The molecule has 0 radical (unpaired) electrons. The summed E-state index contributed by atoms with van der Waals surface area (Å²) in [5.41, 5.74) is 2.69. The molecular weight excluding hydrogens is 555 g/mol. The van der Waals surface area contributed by atoms with E-state index >= 15 is 0 Å². The van der Waals surface area contributed by atoms with Gasteiger partial charge in [0, 0.05) is 24.6 Å². The fraction of sp³-hybridized carbons (Fsp3) is 0.400. The minimum Gasteiger partial charge on any atom is -0.508 e. The largest absolute Gasteiger partial charge is 0.508 e. The highest BCUT2D eigenvalue weighted by molar-refractivity contribution is 6.53. The maximum atomic E-state index is 14.0. The van der Waals surface area contributed by atoms with Crippen molar-refractivity contribution in [1.82, 2.24) is 4.90 Å². The number of halogens is 2. The Morgan fingerprint density at radius 2 is 1.70 bits per heavy atom. The lowest BCUT2D eigenvalue weighted by molar-refractivity contribution is -0.138. The van der Waals surface area contributed by atoms with E-state index in [1.165, 1.54) is 31.2 Å². The number of nitrogens with zero attached hydrogens (tertiary/aromatic N) is 2. The number of phenolic OH excluding ortho intramolecular Hbond substituents is 1. The van der Waals surface area contributed by atoms with Crippen LogP contribution in [0.4, 0.5) is 5.69 Å². The van der Waals surface area contributed by atoms with E-state index in [-0.39, 0.29) is 36.2 Å². The van der Waals surface area contributed by atoms with Crippen molar-refractivity contribution in [2.75, 3.05) is 19.1 Å². The van der Waals surface area contributed by atoms with Gasteiger partial charge < -0.3 is 9.84 Å². The van der Waals surface area contributed by atoms with Crippen LogP contribution in [0.1, 0.15) is 36.8 Å². The molecule has 6 atom stereocenters. The normalized spacial score (nSPS) is 33.1. The van der Waals surface area contributed by atoms with Crippen LogP contribution >= 0.6 is 23.2 Å². The van der Waals surface area contributed by atoms with Gasteiger partial charge in [-0.15, -0.1) is 23.2 Å². The highest BCUT2D eigenvalue weighted by atomic mass is 35.5. The third-order valence-electron chi connectivity index (χ3n) is 9.15. The number of allylic oxidation sites excluding steroid dienone is 2. The summed E-state index contributed by atoms with van der Waals surface area (Å²) in [6.07, 6.45) is 2.87. The SMILES string of the molecule is CCc1ccc(N2C(=O)C3CC=C4C(CC5(Cl)C(=O)N(C)C(=O)C5(Cl)C4c4ccc(O)cc4OC)C3C2=O)cc1. The number of hydrogen-bond donors (Lipinski definition) is 1. The van der Waals surface area contributed by atoms with Crippen molar-refractivity contribution in [1.29, 1.82) is 0 Å². The van der Waals surface area contributed by atoms with Crippen LogP contribution in [-0.2, 0) is 25.6 Å². The molecule has 40 heavy (non-hydrogen) atoms. The quantitative estimate of drug-likeness (QED) is 0.330. The maximum absolute atomic E-state index is 14.0. The fourth-order valence-corrected chi connectivity index (χ4v) is 8.17. The molecule has 2 aliphatic heterocycles. The predicted octanol–water partition coefficient (Wildman–Crippen LogP) is 4.16. The molecular formula is C30H28Cl2N2O6. The van der Waals surface area contributed by atoms with Gasteiger partial charge in [-0.25, -0.2) is 0 Å². The van der Waals surface area contributed by atoms with Crippen molar-refractivity contribution in [2.45, 2.75) is 41.9 Å². The zero-order valence-electron chi connectivity index (χ0n) is 22.2. The highest BCUT2D eigenvalue weighted by Gasteiger charge is 2.76. The second-order valence-corrected chi connectivity index (χ2v) is 12.2. The number of hydrogen-bond acceptors (Lipinski definition) is 6. The molecule has 3 fully saturated rings. The van der Waals surface area contributed by atoms with Gasteiger partial charge in [0.25, 0.3) is 11.8 Å². The van der Waals surface area contributed by atoms with Crippen LogP contribution < -0.4 is 9.64 Å². The summed E-state index contributed by atoms with van der Waals surface area (Å²) in [6, 6.07) is 11.8. The second-order valence-electron chi connectivity index (χ2n) is 11.0. The molecule has 8 nitrogen and oxygen atoms in total. The number of aryl methyl sites for hydroxylation is 1. The Morgan fingerprint density at radius 3 is 2.35 bits per heavy atom. The van der Waals surface area contributed by atoms with E-state index < -0.39 is 45.2 Å². The Kier molecular flexibility index (Phi) is 6.09. The molecule has 208 valence electrons. The summed E-state index contributed by atoms with van der Waals surface area (Å²) in [6.45, 7) is 2.02. The number of anilines is 1. The molecule has 10 heteroatoms. The van der Waals surface area contributed by atoms with Gasteiger partial charge in [-0.2, -0.15) is 0 Å². The van der Waals surface area contributed by atoms with E-state index in [2.05, 4.69) is 0 Å². The van der Waals surface area contributed by atoms with E-state index in [9.17, 15) is 24.3 Å². The number of aromatic hydroxyl groups is 1. The standard InChI is InChI=1S/C30H28Cl2N2O6/c1-4-15-5-7-16(8-6-15)34-25(36)20-12-11-18-21(23(20)26(34)37)14-29(31)27(38)33(2)28(39)30(29,32)24(18)19-10-9-17(35)13-22(19)40-3/h5-11,13,20-21,23-24,35H,4,12,14H2,1-3H3. The monoisotopic (exact) mass is 582 g/mol. The molecule has 0 spiro atoms. The molecule has 4 amide bonds. The number of methoxy groups -OCH3 is 1. The molecule has 1 saturated carbocycles. The first-order valence-electron chi connectivity index (χ1n) is 13.2. The Morgan fingerprint density at radius 1 is 1.00 bits per heavy atom. The van der Waals surface area contributed by atoms with Gasteiger partial charge in [0.05, 0.1) is 24.6 Å². The summed E-state index contributed by atoms with van der Waals surface area (Å²) in [5.74, 6) is -4.77. The minimum atomic E-state index is -1.92. The third-order valence-corrected chi connectivity index (χ3v) is 10.6. The number of carbonyl (C=O) groups is 4. The first-order valence-corrected chi connectivity index (χ1v) is 14.0. The fourth-order valence-electron chi connectivity index (χ4n) is 7.16. The summed E-state index contributed by atoms with van der Waals surface area (Å²) < 4.78 is 5.56. The zero-order valence-corrected chi connectivity index (χ0v) is 23.7. The first-order chi connectivity index (χ1) is 19.0. The maximum Gasteiger partial charge on any atom is 0.253 e. The summed E-state index contributed by atoms with van der Waals surface area (Å²) in [7, 11) is 2.77. The van der Waals surface area contributed by atoms with Crippen molar-refractivity contribution in [3.63, 3.8) is 0 Å². The van der Waals surface area contributed by atoms with Crippen LogP contribution in [0.15, 0.2) is 54.1 Å². The van der Waals surface area contributed by atoms with Crippen LogP contribution in [0, 0.1) is 17.8 Å². The van der Waals surface area contributed by atoms with Gasteiger partial charge in [0.2, 0.25) is 11.8 Å². The van der Waals surface area contributed by atoms with Crippen molar-refractivity contribution in [2.24, 2.45) is 17.8 Å². The minimum absolute atomic E-state index is 0.0568. The number of imide groups is 2. The average molecular weight is 583 g/mol. The molecule has 0 bridgehead atoms. The predicted molar refractivity (Wildman–Crippen MR) is 148 cm³/mol. The lowest BCUT2D eigenvalue weighted by Gasteiger charge is -2.51. The van der Waals surface area contributed by atoms with Crippen LogP contribution in [0.5, 0.6) is 11.5 Å². The van der Waals surface area contributed by atoms with Crippen LogP contribution in [0.2, 0.25) is 0 Å². The molecule has 2 aliphatic carbocycles. The van der Waals surface area contributed by atoms with Crippen LogP contribution in [0.3, 0.4) is 0 Å². The second kappa shape index (κ2) is 9.08. The molecule has 4 aliphatic rings. The van der Waals surface area contributed by atoms with Gasteiger partial charge in [-0.1, -0.05) is 36.8 Å². The lowest BCUT2D eigenvalue weighted by Crippen LogP contribution is -2.60. The van der Waals surface area contributed by atoms with E-state index in [1.807, 2.05) is 25.1 Å². The number of fused-ring (bicyclic) bond motifs is 4. The van der Waals surface area contributed by atoms with Gasteiger partial charge in [0.1, 0.15) is 11.5 Å². The van der Waals surface area contributed by atoms with Gasteiger partial charge >= 0.3 is 0 Å². The van der Waals surface area contributed by atoms with E-state index in [0.29, 0.717) is 16.8 Å². The molecule has 1 N–H and O–H groups in total. The molecule has 6 rings (SSSR count). The van der Waals surface area contributed by atoms with Crippen molar-refractivity contribution >= 4 is 52.5 Å². The topological polar surface area (TPSA) is 104 Å². The molecule has 2 aromatic carbocycles. The van der Waals surface area contributed by atoms with E-state index in [4.69, 9.17) is 27.9 Å². The number of likely N-dealkylation sites (tertiary alicyclic amines) is 1. The van der Waals surface area contributed by atoms with Crippen LogP contribution in [0.25, 0.3) is 0 Å². The number of phenols is 1. The van der Waals surface area contributed by atoms with Gasteiger partial charge in [-0.3, -0.25) is 29.0 Å². The number of ether oxygens (including phenoxy) is 1. The highest BCUT2D eigenvalue weighted by Crippen LogP contribution is 2.66. The average Bonchev–Trinajstić information content (AvgIpc) is 3.28. The molecule has 2 aromatic rings. The van der Waals surface area contributed by atoms with Crippen molar-refractivity contribution < 1.29 is 29.0 Å². The van der Waals surface area contributed by atoms with Crippen molar-refractivity contribution in [3.8, 4) is 11.5 Å². The third kappa shape index (κ3) is 3.32. The van der Waals surface area contributed by atoms with E-state index in [0.717, 1.165) is 16.9 Å². The Hall–Kier alpha value is -3.36. The number of alkyl halides is 2. The number of benzene rings is 2. The lowest BCUT2D eigenvalue weighted by atomic mass is 9.56. The summed E-state index contributed by atoms with van der Waals surface area (Å²) in [5, 5.41) is 10.1. The smallest absolute Gasteiger partial charge is 0.253 e. The molecule has 6 unspecified atom stereocenters. The Bertz CT molecular complexity index is 1510.